The van der Waals surface area contributed by atoms with E-state index >= 15 is 0 Å². The Morgan fingerprint density at radius 1 is 1.41 bits per heavy atom. The number of hydrogen-bond donors (Lipinski definition) is 0. The normalized spacial score (nSPS) is 10.2. The molecule has 0 N–H and O–H groups in total. The van der Waals surface area contributed by atoms with E-state index in [1.807, 2.05) is 6.92 Å². The molecule has 17 heavy (non-hydrogen) atoms. The van der Waals surface area contributed by atoms with E-state index < -0.39 is 4.92 Å². The molecule has 2 rings (SSSR count). The topological polar surface area (TPSA) is 78.0 Å². The van der Waals surface area contributed by atoms with Gasteiger partial charge in [0.2, 0.25) is 0 Å². The van der Waals surface area contributed by atoms with Crippen LogP contribution in [0.4, 0.5) is 5.69 Å². The highest BCUT2D eigenvalue weighted by molar-refractivity contribution is 5.82. The maximum absolute atomic E-state index is 10.9. The number of nitro groups is 1. The lowest BCUT2D eigenvalue weighted by Crippen LogP contribution is -2.01. The fourth-order valence-corrected chi connectivity index (χ4v) is 1.51. The summed E-state index contributed by atoms with van der Waals surface area (Å²) in [6, 6.07) is 5.88. The highest BCUT2D eigenvalue weighted by Gasteiger charge is 2.11. The molecule has 0 radical (unpaired) electrons. The van der Waals surface area contributed by atoms with E-state index in [-0.39, 0.29) is 11.3 Å². The van der Waals surface area contributed by atoms with E-state index in [1.165, 1.54) is 22.9 Å². The summed E-state index contributed by atoms with van der Waals surface area (Å²) >= 11 is 0. The number of benzene rings is 1. The number of carbonyl (C=O) groups excluding carboxylic acids is 1. The third kappa shape index (κ3) is 2.05. The average molecular weight is 231 g/mol. The van der Waals surface area contributed by atoms with E-state index in [9.17, 15) is 14.9 Å². The zero-order valence-electron chi connectivity index (χ0n) is 9.03. The molecule has 0 aliphatic carbocycles. The van der Waals surface area contributed by atoms with Crippen molar-refractivity contribution >= 4 is 12.0 Å². The summed E-state index contributed by atoms with van der Waals surface area (Å²) in [7, 11) is 0. The third-order valence-corrected chi connectivity index (χ3v) is 2.32. The largest absolute Gasteiger partial charge is 0.298 e. The average Bonchev–Trinajstić information content (AvgIpc) is 2.74. The van der Waals surface area contributed by atoms with Crippen LogP contribution in [0.15, 0.2) is 30.5 Å². The minimum Gasteiger partial charge on any atom is -0.298 e. The Morgan fingerprint density at radius 3 is 2.71 bits per heavy atom. The van der Waals surface area contributed by atoms with Gasteiger partial charge in [-0.2, -0.15) is 5.10 Å². The number of nitrogens with zero attached hydrogens (tertiary/aromatic N) is 3. The fourth-order valence-electron chi connectivity index (χ4n) is 1.51. The van der Waals surface area contributed by atoms with E-state index in [0.29, 0.717) is 12.0 Å². The van der Waals surface area contributed by atoms with Crippen molar-refractivity contribution in [3.05, 3.63) is 51.8 Å². The second-order valence-corrected chi connectivity index (χ2v) is 3.52. The van der Waals surface area contributed by atoms with Gasteiger partial charge >= 0.3 is 0 Å². The first-order valence-corrected chi connectivity index (χ1v) is 4.88. The van der Waals surface area contributed by atoms with Gasteiger partial charge in [-0.05, 0) is 19.1 Å². The maximum Gasteiger partial charge on any atom is 0.270 e. The Labute approximate surface area is 96.6 Å². The highest BCUT2D eigenvalue weighted by Crippen LogP contribution is 2.19. The quantitative estimate of drug-likeness (QED) is 0.459. The molecule has 0 saturated heterocycles. The molecule has 0 aliphatic heterocycles. The van der Waals surface area contributed by atoms with Gasteiger partial charge in [0.05, 0.1) is 16.3 Å². The number of hydrogen-bond acceptors (Lipinski definition) is 4. The molecular formula is C11H9N3O3. The SMILES string of the molecule is Cc1ccn(-c2ccc([N+](=O)[O-])cc2C=O)n1. The van der Waals surface area contributed by atoms with Crippen LogP contribution in [0.25, 0.3) is 5.69 Å². The number of aldehydes is 1. The molecule has 6 heteroatoms. The summed E-state index contributed by atoms with van der Waals surface area (Å²) in [6.07, 6.45) is 2.28. The summed E-state index contributed by atoms with van der Waals surface area (Å²) in [4.78, 5) is 21.0. The van der Waals surface area contributed by atoms with Crippen LogP contribution in [0.2, 0.25) is 0 Å². The molecule has 0 spiro atoms. The van der Waals surface area contributed by atoms with E-state index in [1.54, 1.807) is 12.3 Å². The van der Waals surface area contributed by atoms with Crippen molar-refractivity contribution in [1.82, 2.24) is 9.78 Å². The lowest BCUT2D eigenvalue weighted by atomic mass is 10.2. The standard InChI is InChI=1S/C11H9N3O3/c1-8-4-5-13(12-8)11-3-2-10(14(16)17)6-9(11)7-15/h2-7H,1H3. The molecule has 0 atom stereocenters. The van der Waals surface area contributed by atoms with Gasteiger partial charge in [0, 0.05) is 23.9 Å². The van der Waals surface area contributed by atoms with Crippen LogP contribution in [0.1, 0.15) is 16.1 Å². The number of nitro benzene ring substituents is 1. The summed E-state index contributed by atoms with van der Waals surface area (Å²) < 4.78 is 1.52. The Balaban J connectivity index is 2.55. The van der Waals surface area contributed by atoms with E-state index in [2.05, 4.69) is 5.10 Å². The molecule has 0 amide bonds. The molecule has 2 aromatic rings. The van der Waals surface area contributed by atoms with E-state index in [4.69, 9.17) is 0 Å². The van der Waals surface area contributed by atoms with E-state index in [0.717, 1.165) is 5.69 Å². The van der Waals surface area contributed by atoms with Crippen molar-refractivity contribution in [2.75, 3.05) is 0 Å². The lowest BCUT2D eigenvalue weighted by Gasteiger charge is -2.04. The number of non-ortho nitro benzene ring substituents is 1. The second-order valence-electron chi connectivity index (χ2n) is 3.52. The monoisotopic (exact) mass is 231 g/mol. The molecule has 1 heterocycles. The predicted octanol–water partition coefficient (Wildman–Crippen LogP) is 1.90. The van der Waals surface area contributed by atoms with Gasteiger partial charge in [-0.3, -0.25) is 14.9 Å². The minimum absolute atomic E-state index is 0.111. The molecule has 1 aromatic heterocycles. The van der Waals surface area contributed by atoms with Gasteiger partial charge in [0.15, 0.2) is 6.29 Å². The number of aromatic nitrogens is 2. The highest BCUT2D eigenvalue weighted by atomic mass is 16.6. The first-order chi connectivity index (χ1) is 8.11. The predicted molar refractivity (Wildman–Crippen MR) is 60.3 cm³/mol. The van der Waals surface area contributed by atoms with Crippen molar-refractivity contribution in [3.8, 4) is 5.69 Å². The summed E-state index contributed by atoms with van der Waals surface area (Å²) in [5.74, 6) is 0. The number of aryl methyl sites for hydroxylation is 1. The Morgan fingerprint density at radius 2 is 2.18 bits per heavy atom. The van der Waals surface area contributed by atoms with Crippen LogP contribution in [0.3, 0.4) is 0 Å². The number of rotatable bonds is 3. The molecule has 0 fully saturated rings. The van der Waals surface area contributed by atoms with Gasteiger partial charge in [-0.15, -0.1) is 0 Å². The van der Waals surface area contributed by atoms with Gasteiger partial charge < -0.3 is 0 Å². The van der Waals surface area contributed by atoms with Crippen molar-refractivity contribution in [2.24, 2.45) is 0 Å². The maximum atomic E-state index is 10.9. The molecule has 0 bridgehead atoms. The van der Waals surface area contributed by atoms with Gasteiger partial charge in [-0.25, -0.2) is 4.68 Å². The Hall–Kier alpha value is -2.50. The molecule has 1 aromatic carbocycles. The first-order valence-electron chi connectivity index (χ1n) is 4.88. The molecule has 6 nitrogen and oxygen atoms in total. The Kier molecular flexibility index (Phi) is 2.70. The zero-order chi connectivity index (χ0) is 12.4. The zero-order valence-corrected chi connectivity index (χ0v) is 9.03. The van der Waals surface area contributed by atoms with Crippen LogP contribution in [-0.2, 0) is 0 Å². The summed E-state index contributed by atoms with van der Waals surface area (Å²) in [5, 5.41) is 14.7. The lowest BCUT2D eigenvalue weighted by molar-refractivity contribution is -0.384. The fraction of sp³-hybridized carbons (Fsp3) is 0.0909. The summed E-state index contributed by atoms with van der Waals surface area (Å²) in [5.41, 5.74) is 1.46. The van der Waals surface area contributed by atoms with Crippen LogP contribution in [0, 0.1) is 17.0 Å². The molecular weight excluding hydrogens is 222 g/mol. The van der Waals surface area contributed by atoms with Gasteiger partial charge in [0.1, 0.15) is 0 Å². The third-order valence-electron chi connectivity index (χ3n) is 2.32. The minimum atomic E-state index is -0.537. The second kappa shape index (κ2) is 4.17. The van der Waals surface area contributed by atoms with Gasteiger partial charge in [0.25, 0.3) is 5.69 Å². The van der Waals surface area contributed by atoms with Crippen LogP contribution >= 0.6 is 0 Å². The van der Waals surface area contributed by atoms with Crippen LogP contribution in [0.5, 0.6) is 0 Å². The molecule has 0 unspecified atom stereocenters. The Bertz CT molecular complexity index is 589. The van der Waals surface area contributed by atoms with Crippen molar-refractivity contribution in [3.63, 3.8) is 0 Å². The summed E-state index contributed by atoms with van der Waals surface area (Å²) in [6.45, 7) is 1.82. The van der Waals surface area contributed by atoms with Gasteiger partial charge in [-0.1, -0.05) is 0 Å². The van der Waals surface area contributed by atoms with Crippen molar-refractivity contribution in [2.45, 2.75) is 6.92 Å². The molecule has 0 aliphatic rings. The smallest absolute Gasteiger partial charge is 0.270 e. The number of carbonyl (C=O) groups is 1. The van der Waals surface area contributed by atoms with Crippen molar-refractivity contribution < 1.29 is 9.72 Å². The molecule has 0 saturated carbocycles. The molecule has 86 valence electrons. The van der Waals surface area contributed by atoms with Crippen molar-refractivity contribution in [1.29, 1.82) is 0 Å². The first kappa shape index (κ1) is 11.0. The van der Waals surface area contributed by atoms with Crippen LogP contribution < -0.4 is 0 Å². The van der Waals surface area contributed by atoms with Crippen LogP contribution in [-0.4, -0.2) is 21.0 Å².